The number of rotatable bonds is 3. The van der Waals surface area contributed by atoms with Crippen molar-refractivity contribution in [1.82, 2.24) is 5.32 Å². The van der Waals surface area contributed by atoms with E-state index in [0.717, 1.165) is 0 Å². The first-order valence-corrected chi connectivity index (χ1v) is 6.64. The van der Waals surface area contributed by atoms with Crippen molar-refractivity contribution in [2.24, 2.45) is 11.1 Å². The Kier molecular flexibility index (Phi) is 3.37. The zero-order chi connectivity index (χ0) is 16.0. The van der Waals surface area contributed by atoms with Gasteiger partial charge >= 0.3 is 0 Å². The van der Waals surface area contributed by atoms with Gasteiger partial charge in [0.25, 0.3) is 11.8 Å². The summed E-state index contributed by atoms with van der Waals surface area (Å²) in [6.07, 6.45) is 0. The number of fused-ring (bicyclic) bond motifs is 1. The molecular weight excluding hydrogens is 270 g/mol. The number of hydrogen-bond donors (Lipinski definition) is 3. The SMILES string of the molecule is CC(C)(N)C(C)(C)C(=O)Nc1ccc2c(c1)C(=O)NC2=O. The molecule has 0 atom stereocenters. The van der Waals surface area contributed by atoms with Crippen LogP contribution in [0.15, 0.2) is 18.2 Å². The Hall–Kier alpha value is -2.21. The van der Waals surface area contributed by atoms with Gasteiger partial charge in [0.05, 0.1) is 16.5 Å². The van der Waals surface area contributed by atoms with E-state index in [4.69, 9.17) is 5.73 Å². The lowest BCUT2D eigenvalue weighted by molar-refractivity contribution is -0.126. The largest absolute Gasteiger partial charge is 0.326 e. The van der Waals surface area contributed by atoms with Crippen molar-refractivity contribution in [3.05, 3.63) is 29.3 Å². The number of carbonyl (C=O) groups excluding carboxylic acids is 3. The second-order valence-electron chi connectivity index (χ2n) is 6.34. The Morgan fingerprint density at radius 3 is 2.24 bits per heavy atom. The number of anilines is 1. The number of hydrogen-bond acceptors (Lipinski definition) is 4. The molecule has 2 rings (SSSR count). The van der Waals surface area contributed by atoms with Gasteiger partial charge in [0, 0.05) is 11.2 Å². The fraction of sp³-hybridized carbons (Fsp3) is 0.400. The van der Waals surface area contributed by atoms with Crippen molar-refractivity contribution in [2.45, 2.75) is 33.2 Å². The van der Waals surface area contributed by atoms with Crippen LogP contribution in [0.25, 0.3) is 0 Å². The van der Waals surface area contributed by atoms with Gasteiger partial charge in [0.2, 0.25) is 5.91 Å². The number of nitrogens with two attached hydrogens (primary N) is 1. The van der Waals surface area contributed by atoms with E-state index in [2.05, 4.69) is 10.6 Å². The first-order chi connectivity index (χ1) is 9.54. The molecule has 0 radical (unpaired) electrons. The van der Waals surface area contributed by atoms with Crippen molar-refractivity contribution in [3.8, 4) is 0 Å². The lowest BCUT2D eigenvalue weighted by atomic mass is 9.74. The van der Waals surface area contributed by atoms with Crippen molar-refractivity contribution < 1.29 is 14.4 Å². The van der Waals surface area contributed by atoms with Gasteiger partial charge in [-0.3, -0.25) is 19.7 Å². The molecular formula is C15H19N3O3. The predicted molar refractivity (Wildman–Crippen MR) is 78.9 cm³/mol. The van der Waals surface area contributed by atoms with Crippen molar-refractivity contribution in [3.63, 3.8) is 0 Å². The highest BCUT2D eigenvalue weighted by atomic mass is 16.2. The highest BCUT2D eigenvalue weighted by Crippen LogP contribution is 2.30. The molecule has 0 fully saturated rings. The van der Waals surface area contributed by atoms with Gasteiger partial charge in [-0.05, 0) is 45.9 Å². The molecule has 0 saturated heterocycles. The molecule has 0 bridgehead atoms. The summed E-state index contributed by atoms with van der Waals surface area (Å²) in [6, 6.07) is 4.60. The molecule has 0 aliphatic carbocycles. The third-order valence-corrected chi connectivity index (χ3v) is 4.17. The fourth-order valence-corrected chi connectivity index (χ4v) is 1.83. The van der Waals surface area contributed by atoms with Gasteiger partial charge in [-0.2, -0.15) is 0 Å². The lowest BCUT2D eigenvalue weighted by Gasteiger charge is -2.36. The minimum Gasteiger partial charge on any atom is -0.326 e. The Bertz CT molecular complexity index is 642. The number of benzene rings is 1. The summed E-state index contributed by atoms with van der Waals surface area (Å²) in [6.45, 7) is 7.07. The number of carbonyl (C=O) groups is 3. The number of amides is 3. The smallest absolute Gasteiger partial charge is 0.259 e. The van der Waals surface area contributed by atoms with Crippen molar-refractivity contribution in [2.75, 3.05) is 5.32 Å². The topological polar surface area (TPSA) is 101 Å². The molecule has 3 amide bonds. The van der Waals surface area contributed by atoms with E-state index in [9.17, 15) is 14.4 Å². The van der Waals surface area contributed by atoms with Gasteiger partial charge in [-0.15, -0.1) is 0 Å². The standard InChI is InChI=1S/C15H19N3O3/c1-14(2,15(3,4)16)13(21)17-8-5-6-9-10(7-8)12(20)18-11(9)19/h5-7H,16H2,1-4H3,(H,17,21)(H,18,19,20). The maximum Gasteiger partial charge on any atom is 0.259 e. The molecule has 1 aliphatic heterocycles. The van der Waals surface area contributed by atoms with Crippen LogP contribution in [-0.2, 0) is 4.79 Å². The monoisotopic (exact) mass is 289 g/mol. The number of imide groups is 1. The predicted octanol–water partition coefficient (Wildman–Crippen LogP) is 1.27. The fourth-order valence-electron chi connectivity index (χ4n) is 1.83. The van der Waals surface area contributed by atoms with Crippen LogP contribution < -0.4 is 16.4 Å². The third-order valence-electron chi connectivity index (χ3n) is 4.17. The maximum absolute atomic E-state index is 12.4. The zero-order valence-electron chi connectivity index (χ0n) is 12.5. The summed E-state index contributed by atoms with van der Waals surface area (Å²) in [5, 5.41) is 4.95. The van der Waals surface area contributed by atoms with Crippen LogP contribution >= 0.6 is 0 Å². The van der Waals surface area contributed by atoms with E-state index in [0.29, 0.717) is 11.3 Å². The summed E-state index contributed by atoms with van der Waals surface area (Å²) in [7, 11) is 0. The van der Waals surface area contributed by atoms with Crippen LogP contribution in [-0.4, -0.2) is 23.3 Å². The average molecular weight is 289 g/mol. The van der Waals surface area contributed by atoms with Gasteiger partial charge in [-0.25, -0.2) is 0 Å². The highest BCUT2D eigenvalue weighted by Gasteiger charge is 2.40. The van der Waals surface area contributed by atoms with E-state index >= 15 is 0 Å². The Balaban J connectivity index is 2.26. The molecule has 0 aromatic heterocycles. The van der Waals surface area contributed by atoms with Crippen LogP contribution in [0.1, 0.15) is 48.4 Å². The van der Waals surface area contributed by atoms with Gasteiger partial charge in [0.1, 0.15) is 0 Å². The minimum absolute atomic E-state index is 0.250. The molecule has 1 aromatic carbocycles. The first kappa shape index (κ1) is 15.2. The molecule has 0 spiro atoms. The molecule has 1 aliphatic rings. The van der Waals surface area contributed by atoms with Crippen LogP contribution in [0.4, 0.5) is 5.69 Å². The van der Waals surface area contributed by atoms with Crippen molar-refractivity contribution in [1.29, 1.82) is 0 Å². The normalized spacial score (nSPS) is 14.7. The first-order valence-electron chi connectivity index (χ1n) is 6.64. The second-order valence-corrected chi connectivity index (χ2v) is 6.34. The van der Waals surface area contributed by atoms with E-state index < -0.39 is 22.8 Å². The van der Waals surface area contributed by atoms with E-state index in [1.54, 1.807) is 33.8 Å². The van der Waals surface area contributed by atoms with Crippen molar-refractivity contribution >= 4 is 23.4 Å². The lowest BCUT2D eigenvalue weighted by Crippen LogP contribution is -2.53. The molecule has 6 heteroatoms. The van der Waals surface area contributed by atoms with Crippen LogP contribution in [0.5, 0.6) is 0 Å². The molecule has 0 saturated carbocycles. The molecule has 1 aromatic rings. The molecule has 6 nitrogen and oxygen atoms in total. The summed E-state index contributed by atoms with van der Waals surface area (Å²) in [5.41, 5.74) is 5.56. The highest BCUT2D eigenvalue weighted by molar-refractivity contribution is 6.22. The zero-order valence-corrected chi connectivity index (χ0v) is 12.5. The Morgan fingerprint density at radius 2 is 1.67 bits per heavy atom. The minimum atomic E-state index is -0.801. The molecule has 112 valence electrons. The third kappa shape index (κ3) is 2.54. The second kappa shape index (κ2) is 4.66. The van der Waals surface area contributed by atoms with Gasteiger partial charge < -0.3 is 11.1 Å². The van der Waals surface area contributed by atoms with E-state index in [1.807, 2.05) is 0 Å². The van der Waals surface area contributed by atoms with Gasteiger partial charge in [0.15, 0.2) is 0 Å². The number of nitrogens with one attached hydrogen (secondary N) is 2. The van der Waals surface area contributed by atoms with Crippen LogP contribution in [0, 0.1) is 5.41 Å². The van der Waals surface area contributed by atoms with Crippen LogP contribution in [0.2, 0.25) is 0 Å². The quantitative estimate of drug-likeness (QED) is 0.729. The summed E-state index contributed by atoms with van der Waals surface area (Å²) in [5.74, 6) is -1.12. The Labute approximate surface area is 123 Å². The molecule has 4 N–H and O–H groups in total. The summed E-state index contributed by atoms with van der Waals surface area (Å²) in [4.78, 5) is 35.4. The maximum atomic E-state index is 12.4. The van der Waals surface area contributed by atoms with E-state index in [-0.39, 0.29) is 11.5 Å². The van der Waals surface area contributed by atoms with E-state index in [1.165, 1.54) is 12.1 Å². The molecule has 1 heterocycles. The summed E-state index contributed by atoms with van der Waals surface area (Å²) < 4.78 is 0. The average Bonchev–Trinajstić information content (AvgIpc) is 2.63. The molecule has 0 unspecified atom stereocenters. The summed E-state index contributed by atoms with van der Waals surface area (Å²) >= 11 is 0. The van der Waals surface area contributed by atoms with Gasteiger partial charge in [-0.1, -0.05) is 0 Å². The van der Waals surface area contributed by atoms with Crippen LogP contribution in [0.3, 0.4) is 0 Å². The molecule has 21 heavy (non-hydrogen) atoms. The Morgan fingerprint density at radius 1 is 1.10 bits per heavy atom.